The highest BCUT2D eigenvalue weighted by Crippen LogP contribution is 2.17. The Morgan fingerprint density at radius 1 is 1.44 bits per heavy atom. The molecule has 7 heteroatoms. The van der Waals surface area contributed by atoms with Gasteiger partial charge in [-0.25, -0.2) is 4.52 Å². The maximum Gasteiger partial charge on any atom is 0.249 e. The molecule has 0 bridgehead atoms. The summed E-state index contributed by atoms with van der Waals surface area (Å²) >= 11 is 1.54. The summed E-state index contributed by atoms with van der Waals surface area (Å²) in [5.41, 5.74) is 6.82. The molecule has 0 fully saturated rings. The van der Waals surface area contributed by atoms with Crippen LogP contribution in [0, 0.1) is 0 Å². The van der Waals surface area contributed by atoms with E-state index in [-0.39, 0.29) is 18.3 Å². The number of carbonyl (C=O) groups excluding carboxylic acids is 1. The second kappa shape index (κ2) is 4.83. The number of fused-ring (bicyclic) bond motifs is 1. The van der Waals surface area contributed by atoms with Crippen molar-refractivity contribution < 1.29 is 4.79 Å². The molecule has 94 valence electrons. The first kappa shape index (κ1) is 12.7. The van der Waals surface area contributed by atoms with Gasteiger partial charge < -0.3 is 10.3 Å². The topological polar surface area (TPSA) is 65.3 Å². The molecule has 5 nitrogen and oxygen atoms in total. The Kier molecular flexibility index (Phi) is 3.40. The largest absolute Gasteiger partial charge is 0.366 e. The quantitative estimate of drug-likeness (QED) is 0.795. The van der Waals surface area contributed by atoms with E-state index in [1.54, 1.807) is 11.6 Å². The van der Waals surface area contributed by atoms with E-state index in [1.807, 2.05) is 29.0 Å². The van der Waals surface area contributed by atoms with Crippen LogP contribution in [0.15, 0.2) is 36.1 Å². The van der Waals surface area contributed by atoms with Crippen molar-refractivity contribution in [2.45, 2.75) is 6.54 Å². The Morgan fingerprint density at radius 3 is 3.00 bits per heavy atom. The molecule has 2 N–H and O–H groups in total. The third kappa shape index (κ3) is 2.12. The molecule has 0 saturated heterocycles. The van der Waals surface area contributed by atoms with E-state index in [0.717, 1.165) is 17.1 Å². The van der Waals surface area contributed by atoms with Crippen LogP contribution in [0.2, 0.25) is 0 Å². The number of nitrogens with zero attached hydrogens (tertiary/aromatic N) is 3. The number of primary amides is 1. The van der Waals surface area contributed by atoms with Crippen LogP contribution in [0.3, 0.4) is 0 Å². The Labute approximate surface area is 113 Å². The number of halogens is 1. The number of hydrogen-bond donors (Lipinski definition) is 1. The van der Waals surface area contributed by atoms with Crippen molar-refractivity contribution in [1.82, 2.24) is 14.2 Å². The summed E-state index contributed by atoms with van der Waals surface area (Å²) in [7, 11) is 0. The fourth-order valence-corrected chi connectivity index (χ4v) is 2.64. The van der Waals surface area contributed by atoms with Gasteiger partial charge in [0, 0.05) is 28.7 Å². The Morgan fingerprint density at radius 2 is 2.28 bits per heavy atom. The van der Waals surface area contributed by atoms with Crippen molar-refractivity contribution in [3.8, 4) is 0 Å². The standard InChI is InChI=1S/C11H10N4OS.ClH/c12-11(16)8-5-9(17-7-8)6-14-3-4-15-10(14)1-2-13-15;/h1-5,7H,6H2,(H2,12,16);1H. The molecule has 3 aromatic heterocycles. The van der Waals surface area contributed by atoms with Gasteiger partial charge in [0.15, 0.2) is 0 Å². The van der Waals surface area contributed by atoms with Gasteiger partial charge in [0.1, 0.15) is 5.65 Å². The first-order chi connectivity index (χ1) is 8.24. The van der Waals surface area contributed by atoms with Crippen molar-refractivity contribution in [3.05, 3.63) is 46.5 Å². The highest BCUT2D eigenvalue weighted by atomic mass is 35.5. The molecule has 0 radical (unpaired) electrons. The van der Waals surface area contributed by atoms with Crippen LogP contribution in [0.1, 0.15) is 15.2 Å². The number of rotatable bonds is 3. The first-order valence-corrected chi connectivity index (χ1v) is 5.98. The minimum Gasteiger partial charge on any atom is -0.366 e. The summed E-state index contributed by atoms with van der Waals surface area (Å²) in [6, 6.07) is 3.78. The Hall–Kier alpha value is -1.79. The Balaban J connectivity index is 0.00000120. The molecule has 1 amide bonds. The average Bonchev–Trinajstić information content (AvgIpc) is 2.96. The van der Waals surface area contributed by atoms with Crippen LogP contribution < -0.4 is 5.73 Å². The molecule has 0 aromatic carbocycles. The monoisotopic (exact) mass is 282 g/mol. The maximum absolute atomic E-state index is 11.0. The lowest BCUT2D eigenvalue weighted by molar-refractivity contribution is 0.100. The van der Waals surface area contributed by atoms with Crippen LogP contribution in [-0.2, 0) is 6.54 Å². The van der Waals surface area contributed by atoms with Gasteiger partial charge in [-0.1, -0.05) is 0 Å². The van der Waals surface area contributed by atoms with Crippen molar-refractivity contribution in [2.75, 3.05) is 0 Å². The van der Waals surface area contributed by atoms with E-state index >= 15 is 0 Å². The molecule has 18 heavy (non-hydrogen) atoms. The number of imidazole rings is 1. The van der Waals surface area contributed by atoms with E-state index in [0.29, 0.717) is 5.56 Å². The van der Waals surface area contributed by atoms with E-state index < -0.39 is 0 Å². The summed E-state index contributed by atoms with van der Waals surface area (Å²) in [4.78, 5) is 12.1. The molecule has 0 saturated carbocycles. The minimum atomic E-state index is -0.380. The van der Waals surface area contributed by atoms with Crippen molar-refractivity contribution in [3.63, 3.8) is 0 Å². The van der Waals surface area contributed by atoms with Gasteiger partial charge in [-0.05, 0) is 6.07 Å². The lowest BCUT2D eigenvalue weighted by Gasteiger charge is -1.99. The Bertz CT molecular complexity index is 684. The van der Waals surface area contributed by atoms with Crippen LogP contribution in [-0.4, -0.2) is 20.1 Å². The molecule has 0 spiro atoms. The van der Waals surface area contributed by atoms with Gasteiger partial charge in [-0.2, -0.15) is 5.10 Å². The van der Waals surface area contributed by atoms with Crippen molar-refractivity contribution in [1.29, 1.82) is 0 Å². The third-order valence-electron chi connectivity index (χ3n) is 2.60. The maximum atomic E-state index is 11.0. The third-order valence-corrected chi connectivity index (χ3v) is 3.52. The zero-order valence-electron chi connectivity index (χ0n) is 9.31. The average molecular weight is 283 g/mol. The van der Waals surface area contributed by atoms with Gasteiger partial charge in [-0.15, -0.1) is 23.7 Å². The number of thiophene rings is 1. The summed E-state index contributed by atoms with van der Waals surface area (Å²) in [5.74, 6) is -0.380. The molecule has 0 aliphatic heterocycles. The van der Waals surface area contributed by atoms with Crippen LogP contribution in [0.25, 0.3) is 5.65 Å². The number of nitrogens with two attached hydrogens (primary N) is 1. The first-order valence-electron chi connectivity index (χ1n) is 5.10. The molecular formula is C11H11ClN4OS. The number of aromatic nitrogens is 3. The lowest BCUT2D eigenvalue weighted by Crippen LogP contribution is -2.09. The van der Waals surface area contributed by atoms with E-state index in [4.69, 9.17) is 5.73 Å². The molecule has 0 aliphatic rings. The van der Waals surface area contributed by atoms with E-state index in [1.165, 1.54) is 11.3 Å². The van der Waals surface area contributed by atoms with Crippen LogP contribution >= 0.6 is 23.7 Å². The number of hydrogen-bond acceptors (Lipinski definition) is 3. The van der Waals surface area contributed by atoms with E-state index in [2.05, 4.69) is 9.67 Å². The fourth-order valence-electron chi connectivity index (χ4n) is 1.76. The van der Waals surface area contributed by atoms with Gasteiger partial charge >= 0.3 is 0 Å². The zero-order valence-corrected chi connectivity index (χ0v) is 10.9. The van der Waals surface area contributed by atoms with Crippen molar-refractivity contribution in [2.24, 2.45) is 5.73 Å². The van der Waals surface area contributed by atoms with Gasteiger partial charge in [0.25, 0.3) is 0 Å². The van der Waals surface area contributed by atoms with Crippen LogP contribution in [0.4, 0.5) is 0 Å². The second-order valence-electron chi connectivity index (χ2n) is 3.73. The van der Waals surface area contributed by atoms with Crippen LogP contribution in [0.5, 0.6) is 0 Å². The second-order valence-corrected chi connectivity index (χ2v) is 4.72. The normalized spacial score (nSPS) is 10.4. The number of carbonyl (C=O) groups is 1. The van der Waals surface area contributed by atoms with Gasteiger partial charge in [0.2, 0.25) is 5.91 Å². The molecule has 3 rings (SSSR count). The molecule has 3 heterocycles. The fraction of sp³-hybridized carbons (Fsp3) is 0.0909. The zero-order chi connectivity index (χ0) is 11.8. The molecule has 3 aromatic rings. The minimum absolute atomic E-state index is 0. The van der Waals surface area contributed by atoms with E-state index in [9.17, 15) is 4.79 Å². The van der Waals surface area contributed by atoms with Crippen molar-refractivity contribution >= 4 is 35.3 Å². The highest BCUT2D eigenvalue weighted by molar-refractivity contribution is 7.10. The molecule has 0 aliphatic carbocycles. The SMILES string of the molecule is Cl.NC(=O)c1csc(Cn2ccn3nccc23)c1. The molecule has 0 unspecified atom stereocenters. The molecular weight excluding hydrogens is 272 g/mol. The summed E-state index contributed by atoms with van der Waals surface area (Å²) < 4.78 is 3.88. The molecule has 0 atom stereocenters. The summed E-state index contributed by atoms with van der Waals surface area (Å²) in [6.45, 7) is 0.722. The highest BCUT2D eigenvalue weighted by Gasteiger charge is 2.07. The number of amides is 1. The smallest absolute Gasteiger partial charge is 0.249 e. The predicted molar refractivity (Wildman–Crippen MR) is 72.4 cm³/mol. The lowest BCUT2D eigenvalue weighted by atomic mass is 10.3. The van der Waals surface area contributed by atoms with Gasteiger partial charge in [0.05, 0.1) is 18.3 Å². The summed E-state index contributed by atoms with van der Waals surface area (Å²) in [6.07, 6.45) is 5.62. The predicted octanol–water partition coefficient (Wildman–Crippen LogP) is 1.77. The summed E-state index contributed by atoms with van der Waals surface area (Å²) in [5, 5.41) is 5.93. The van der Waals surface area contributed by atoms with Gasteiger partial charge in [-0.3, -0.25) is 4.79 Å².